The van der Waals surface area contributed by atoms with Crippen LogP contribution >= 0.6 is 24.0 Å². The molecular weight excluding hydrogens is 481 g/mol. The molecule has 29 heavy (non-hydrogen) atoms. The number of aliphatic imine (C=N–C) groups is 1. The first-order chi connectivity index (χ1) is 13.8. The first-order valence-electron chi connectivity index (χ1n) is 10.7. The molecule has 0 bridgehead atoms. The van der Waals surface area contributed by atoms with E-state index in [1.54, 1.807) is 0 Å². The van der Waals surface area contributed by atoms with Crippen LogP contribution in [0.5, 0.6) is 5.88 Å². The highest BCUT2D eigenvalue weighted by molar-refractivity contribution is 14.0. The Kier molecular flexibility index (Phi) is 8.80. The normalized spacial score (nSPS) is 23.0. The zero-order chi connectivity index (χ0) is 19.2. The summed E-state index contributed by atoms with van der Waals surface area (Å²) in [6.45, 7) is 10.3. The number of pyridine rings is 1. The maximum absolute atomic E-state index is 5.80. The minimum atomic E-state index is 0. The van der Waals surface area contributed by atoms with Crippen LogP contribution in [-0.4, -0.2) is 79.3 Å². The number of hydrogen-bond donors (Lipinski definition) is 1. The van der Waals surface area contributed by atoms with Gasteiger partial charge in [0.1, 0.15) is 0 Å². The Hall–Kier alpha value is -1.13. The number of rotatable bonds is 7. The molecule has 3 heterocycles. The summed E-state index contributed by atoms with van der Waals surface area (Å²) in [4.78, 5) is 14.2. The number of likely N-dealkylation sites (tertiary alicyclic amines) is 1. The molecule has 1 N–H and O–H groups in total. The van der Waals surface area contributed by atoms with Gasteiger partial charge in [-0.3, -0.25) is 4.90 Å². The summed E-state index contributed by atoms with van der Waals surface area (Å²) in [5.74, 6) is 2.46. The van der Waals surface area contributed by atoms with Crippen LogP contribution in [0.25, 0.3) is 0 Å². The van der Waals surface area contributed by atoms with Gasteiger partial charge in [-0.15, -0.1) is 24.0 Å². The van der Waals surface area contributed by atoms with Crippen LogP contribution in [0, 0.1) is 5.92 Å². The van der Waals surface area contributed by atoms with Crippen LogP contribution in [-0.2, 0) is 11.3 Å². The molecule has 1 aromatic heterocycles. The molecule has 0 radical (unpaired) electrons. The molecular formula is C21H34IN5O2. The number of aromatic nitrogens is 1. The average Bonchev–Trinajstić information content (AvgIpc) is 3.45. The van der Waals surface area contributed by atoms with Crippen molar-refractivity contribution in [2.24, 2.45) is 10.9 Å². The Labute approximate surface area is 191 Å². The lowest BCUT2D eigenvalue weighted by molar-refractivity contribution is 0.0195. The predicted octanol–water partition coefficient (Wildman–Crippen LogP) is 2.36. The fourth-order valence-corrected chi connectivity index (χ4v) is 3.88. The van der Waals surface area contributed by atoms with E-state index in [1.807, 2.05) is 18.3 Å². The molecule has 2 saturated heterocycles. The van der Waals surface area contributed by atoms with E-state index in [0.29, 0.717) is 12.6 Å². The van der Waals surface area contributed by atoms with Gasteiger partial charge < -0.3 is 19.7 Å². The molecule has 4 rings (SSSR count). The van der Waals surface area contributed by atoms with Crippen molar-refractivity contribution >= 4 is 29.9 Å². The van der Waals surface area contributed by atoms with Crippen LogP contribution in [0.15, 0.2) is 23.3 Å². The second kappa shape index (κ2) is 11.3. The summed E-state index contributed by atoms with van der Waals surface area (Å²) in [6.07, 6.45) is 5.60. The van der Waals surface area contributed by atoms with Gasteiger partial charge in [0.2, 0.25) is 5.88 Å². The number of guanidine groups is 1. The van der Waals surface area contributed by atoms with Crippen LogP contribution in [0.4, 0.5) is 0 Å². The lowest BCUT2D eigenvalue weighted by Crippen LogP contribution is -2.46. The summed E-state index contributed by atoms with van der Waals surface area (Å²) in [7, 11) is 0. The zero-order valence-electron chi connectivity index (χ0n) is 17.4. The average molecular weight is 515 g/mol. The summed E-state index contributed by atoms with van der Waals surface area (Å²) < 4.78 is 11.3. The Morgan fingerprint density at radius 1 is 1.28 bits per heavy atom. The smallest absolute Gasteiger partial charge is 0.213 e. The standard InChI is InChI=1S/C21H33N5O2.HI/c1-2-22-21(26-8-6-19(15-26)25-9-11-27-12-10-25)24-14-18-5-7-23-20(13-18)28-16-17-3-4-17;/h5,7,13,17,19H,2-4,6,8-12,14-16H2,1H3,(H,22,24);1H. The van der Waals surface area contributed by atoms with Gasteiger partial charge in [-0.2, -0.15) is 0 Å². The van der Waals surface area contributed by atoms with Gasteiger partial charge >= 0.3 is 0 Å². The highest BCUT2D eigenvalue weighted by Gasteiger charge is 2.30. The van der Waals surface area contributed by atoms with Crippen molar-refractivity contribution < 1.29 is 9.47 Å². The summed E-state index contributed by atoms with van der Waals surface area (Å²) in [5.41, 5.74) is 1.14. The topological polar surface area (TPSA) is 62.2 Å². The molecule has 1 unspecified atom stereocenters. The predicted molar refractivity (Wildman–Crippen MR) is 125 cm³/mol. The third-order valence-electron chi connectivity index (χ3n) is 5.73. The fourth-order valence-electron chi connectivity index (χ4n) is 3.88. The van der Waals surface area contributed by atoms with Crippen LogP contribution in [0.3, 0.4) is 0 Å². The molecule has 162 valence electrons. The Bertz CT molecular complexity index is 664. The minimum Gasteiger partial charge on any atom is -0.477 e. The van der Waals surface area contributed by atoms with Gasteiger partial charge in [0.15, 0.2) is 5.96 Å². The Morgan fingerprint density at radius 3 is 2.86 bits per heavy atom. The molecule has 7 nitrogen and oxygen atoms in total. The summed E-state index contributed by atoms with van der Waals surface area (Å²) >= 11 is 0. The highest BCUT2D eigenvalue weighted by atomic mass is 127. The Morgan fingerprint density at radius 2 is 2.10 bits per heavy atom. The quantitative estimate of drug-likeness (QED) is 0.342. The van der Waals surface area contributed by atoms with E-state index in [4.69, 9.17) is 14.5 Å². The van der Waals surface area contributed by atoms with Gasteiger partial charge in [0, 0.05) is 51.0 Å². The van der Waals surface area contributed by atoms with Gasteiger partial charge in [0.05, 0.1) is 26.4 Å². The Balaban J connectivity index is 0.00000240. The van der Waals surface area contributed by atoms with Crippen LogP contribution < -0.4 is 10.1 Å². The maximum atomic E-state index is 5.80. The molecule has 1 aromatic rings. The van der Waals surface area contributed by atoms with E-state index in [9.17, 15) is 0 Å². The third kappa shape index (κ3) is 6.68. The van der Waals surface area contributed by atoms with Crippen molar-refractivity contribution in [3.8, 4) is 5.88 Å². The molecule has 0 spiro atoms. The minimum absolute atomic E-state index is 0. The van der Waals surface area contributed by atoms with E-state index < -0.39 is 0 Å². The summed E-state index contributed by atoms with van der Waals surface area (Å²) in [6, 6.07) is 4.66. The zero-order valence-corrected chi connectivity index (χ0v) is 19.7. The van der Waals surface area contributed by atoms with E-state index in [0.717, 1.165) is 75.9 Å². The molecule has 0 aromatic carbocycles. The molecule has 3 aliphatic rings. The first-order valence-corrected chi connectivity index (χ1v) is 10.7. The van der Waals surface area contributed by atoms with Gasteiger partial charge in [-0.05, 0) is 43.7 Å². The monoisotopic (exact) mass is 515 g/mol. The van der Waals surface area contributed by atoms with Crippen molar-refractivity contribution in [2.45, 2.75) is 38.8 Å². The number of hydrogen-bond acceptors (Lipinski definition) is 5. The number of nitrogens with zero attached hydrogens (tertiary/aromatic N) is 4. The number of halogens is 1. The van der Waals surface area contributed by atoms with Gasteiger partial charge in [-0.1, -0.05) is 0 Å². The SMILES string of the molecule is CCNC(=NCc1ccnc(OCC2CC2)c1)N1CCC(N2CCOCC2)C1.I. The third-order valence-corrected chi connectivity index (χ3v) is 5.73. The fraction of sp³-hybridized carbons (Fsp3) is 0.714. The van der Waals surface area contributed by atoms with Crippen molar-refractivity contribution in [3.63, 3.8) is 0 Å². The van der Waals surface area contributed by atoms with E-state index in [1.165, 1.54) is 19.3 Å². The lowest BCUT2D eigenvalue weighted by Gasteiger charge is -2.32. The number of nitrogens with one attached hydrogen (secondary N) is 1. The molecule has 1 aliphatic carbocycles. The molecule has 8 heteroatoms. The lowest BCUT2D eigenvalue weighted by atomic mass is 10.2. The maximum Gasteiger partial charge on any atom is 0.213 e. The molecule has 0 amide bonds. The van der Waals surface area contributed by atoms with Crippen LogP contribution in [0.2, 0.25) is 0 Å². The van der Waals surface area contributed by atoms with Crippen molar-refractivity contribution in [2.75, 3.05) is 52.5 Å². The van der Waals surface area contributed by atoms with Crippen molar-refractivity contribution in [1.29, 1.82) is 0 Å². The molecule has 3 fully saturated rings. The number of ether oxygens (including phenoxy) is 2. The molecule has 1 saturated carbocycles. The van der Waals surface area contributed by atoms with Crippen molar-refractivity contribution in [3.05, 3.63) is 23.9 Å². The van der Waals surface area contributed by atoms with Crippen molar-refractivity contribution in [1.82, 2.24) is 20.1 Å². The van der Waals surface area contributed by atoms with E-state index in [2.05, 4.69) is 27.0 Å². The molecule has 1 atom stereocenters. The largest absolute Gasteiger partial charge is 0.477 e. The van der Waals surface area contributed by atoms with Crippen LogP contribution in [0.1, 0.15) is 31.7 Å². The number of morpholine rings is 1. The summed E-state index contributed by atoms with van der Waals surface area (Å²) in [5, 5.41) is 3.47. The van der Waals surface area contributed by atoms with E-state index >= 15 is 0 Å². The van der Waals surface area contributed by atoms with E-state index in [-0.39, 0.29) is 24.0 Å². The van der Waals surface area contributed by atoms with Gasteiger partial charge in [0.25, 0.3) is 0 Å². The molecule has 2 aliphatic heterocycles. The first kappa shape index (κ1) is 22.6. The second-order valence-corrected chi connectivity index (χ2v) is 7.96. The second-order valence-electron chi connectivity index (χ2n) is 7.96. The van der Waals surface area contributed by atoms with Gasteiger partial charge in [-0.25, -0.2) is 9.98 Å². The highest BCUT2D eigenvalue weighted by Crippen LogP contribution is 2.29.